The summed E-state index contributed by atoms with van der Waals surface area (Å²) in [7, 11) is 0. The molecule has 150 valence electrons. The molecule has 0 saturated heterocycles. The zero-order valence-corrected chi connectivity index (χ0v) is 16.9. The summed E-state index contributed by atoms with van der Waals surface area (Å²) in [6, 6.07) is 0. The minimum absolute atomic E-state index is 0.0234. The predicted octanol–water partition coefficient (Wildman–Crippen LogP) is 4.68. The van der Waals surface area contributed by atoms with Gasteiger partial charge in [-0.2, -0.15) is 0 Å². The van der Waals surface area contributed by atoms with Gasteiger partial charge in [0.25, 0.3) is 0 Å². The maximum absolute atomic E-state index is 10.5. The van der Waals surface area contributed by atoms with Gasteiger partial charge < -0.3 is 15.3 Å². The highest BCUT2D eigenvalue weighted by Gasteiger charge is 2.39. The van der Waals surface area contributed by atoms with Crippen LogP contribution in [0.25, 0.3) is 0 Å². The normalized spacial score (nSPS) is 28.8. The van der Waals surface area contributed by atoms with Crippen molar-refractivity contribution in [1.29, 1.82) is 0 Å². The van der Waals surface area contributed by atoms with Crippen LogP contribution in [0.2, 0.25) is 0 Å². The van der Waals surface area contributed by atoms with Crippen molar-refractivity contribution < 1.29 is 20.1 Å². The van der Waals surface area contributed by atoms with Gasteiger partial charge in [0.1, 0.15) is 0 Å². The van der Waals surface area contributed by atoms with Crippen molar-refractivity contribution in [3.05, 3.63) is 24.3 Å². The smallest absolute Gasteiger partial charge is 0.327 e. The number of unbranched alkanes of at least 4 members (excludes halogenated alkanes) is 4. The molecular weight excluding hydrogens is 352 g/mol. The van der Waals surface area contributed by atoms with E-state index in [9.17, 15) is 15.0 Å². The summed E-state index contributed by atoms with van der Waals surface area (Å²) in [5.74, 6) is -0.747. The van der Waals surface area contributed by atoms with E-state index in [4.69, 9.17) is 16.7 Å². The van der Waals surface area contributed by atoms with Crippen LogP contribution in [0.4, 0.5) is 0 Å². The van der Waals surface area contributed by atoms with E-state index < -0.39 is 17.7 Å². The molecule has 0 radical (unpaired) electrons. The topological polar surface area (TPSA) is 77.8 Å². The number of alkyl halides is 1. The quantitative estimate of drug-likeness (QED) is 0.197. The molecular formula is C21H35ClO4. The van der Waals surface area contributed by atoms with Crippen LogP contribution in [0.3, 0.4) is 0 Å². The summed E-state index contributed by atoms with van der Waals surface area (Å²) in [5.41, 5.74) is -0.842. The van der Waals surface area contributed by atoms with Gasteiger partial charge in [0.2, 0.25) is 0 Å². The molecule has 26 heavy (non-hydrogen) atoms. The summed E-state index contributed by atoms with van der Waals surface area (Å²) >= 11 is 6.45. The molecule has 0 amide bonds. The van der Waals surface area contributed by atoms with Gasteiger partial charge in [-0.3, -0.25) is 0 Å². The van der Waals surface area contributed by atoms with Crippen LogP contribution in [-0.4, -0.2) is 38.4 Å². The molecule has 1 aliphatic carbocycles. The average molecular weight is 387 g/mol. The molecule has 0 spiro atoms. The molecule has 0 aromatic rings. The minimum Gasteiger partial charge on any atom is -0.478 e. The van der Waals surface area contributed by atoms with Crippen molar-refractivity contribution in [2.75, 3.05) is 0 Å². The van der Waals surface area contributed by atoms with Crippen LogP contribution in [0.5, 0.6) is 0 Å². The van der Waals surface area contributed by atoms with Crippen LogP contribution >= 0.6 is 11.6 Å². The van der Waals surface area contributed by atoms with E-state index in [1.54, 1.807) is 6.08 Å². The molecule has 1 aliphatic rings. The number of allylic oxidation sites excluding steroid dienone is 1. The van der Waals surface area contributed by atoms with E-state index in [0.29, 0.717) is 6.42 Å². The minimum atomic E-state index is -0.916. The Morgan fingerprint density at radius 3 is 2.65 bits per heavy atom. The number of carboxylic acid groups (broad SMARTS) is 1. The average Bonchev–Trinajstić information content (AvgIpc) is 2.82. The number of hydrogen-bond donors (Lipinski definition) is 3. The number of carboxylic acids is 1. The Morgan fingerprint density at radius 1 is 1.27 bits per heavy atom. The van der Waals surface area contributed by atoms with Gasteiger partial charge in [-0.05, 0) is 44.9 Å². The second-order valence-corrected chi connectivity index (χ2v) is 8.32. The van der Waals surface area contributed by atoms with Crippen LogP contribution in [0.15, 0.2) is 24.3 Å². The number of carbonyl (C=O) groups is 1. The lowest BCUT2D eigenvalue weighted by molar-refractivity contribution is -0.131. The Balaban J connectivity index is 2.52. The van der Waals surface area contributed by atoms with E-state index in [1.807, 2.05) is 19.1 Å². The number of aliphatic hydroxyl groups excluding tert-OH is 1. The third kappa shape index (κ3) is 8.70. The van der Waals surface area contributed by atoms with Gasteiger partial charge in [0.05, 0.1) is 11.7 Å². The number of aliphatic hydroxyl groups is 2. The summed E-state index contributed by atoms with van der Waals surface area (Å²) in [6.45, 7) is 3.96. The highest BCUT2D eigenvalue weighted by molar-refractivity contribution is 6.21. The van der Waals surface area contributed by atoms with Crippen LogP contribution in [-0.2, 0) is 4.79 Å². The summed E-state index contributed by atoms with van der Waals surface area (Å²) < 4.78 is 0. The SMILES string of the molecule is CCCCCC(C)(O)/C=C/[C@@H]1[C@@H](CCCC/C=C/C(=O)O)[C@H](Cl)C[C@H]1O. The Hall–Kier alpha value is -0.840. The van der Waals surface area contributed by atoms with Crippen molar-refractivity contribution >= 4 is 17.6 Å². The molecule has 1 unspecified atom stereocenters. The largest absolute Gasteiger partial charge is 0.478 e. The number of aliphatic carboxylic acids is 1. The fraction of sp³-hybridized carbons (Fsp3) is 0.762. The maximum atomic E-state index is 10.5. The number of rotatable bonds is 12. The predicted molar refractivity (Wildman–Crippen MR) is 106 cm³/mol. The first-order valence-electron chi connectivity index (χ1n) is 9.90. The third-order valence-electron chi connectivity index (χ3n) is 5.25. The highest BCUT2D eigenvalue weighted by Crippen LogP contribution is 2.40. The highest BCUT2D eigenvalue weighted by atomic mass is 35.5. The molecule has 1 rings (SSSR count). The number of hydrogen-bond acceptors (Lipinski definition) is 3. The van der Waals surface area contributed by atoms with Crippen molar-refractivity contribution in [1.82, 2.24) is 0 Å². The van der Waals surface area contributed by atoms with E-state index >= 15 is 0 Å². The summed E-state index contributed by atoms with van der Waals surface area (Å²) in [5, 5.41) is 29.4. The first-order valence-corrected chi connectivity index (χ1v) is 10.3. The summed E-state index contributed by atoms with van der Waals surface area (Å²) in [4.78, 5) is 10.4. The van der Waals surface area contributed by atoms with E-state index in [0.717, 1.165) is 51.4 Å². The molecule has 0 aromatic heterocycles. The molecule has 0 heterocycles. The first-order chi connectivity index (χ1) is 12.3. The second kappa shape index (κ2) is 11.8. The Labute approximate surface area is 163 Å². The standard InChI is InChI=1S/C21H35ClO4/c1-3-4-9-13-21(2,26)14-12-17-16(18(22)15-19(17)23)10-7-5-6-8-11-20(24)25/h8,11-12,14,16-19,23,26H,3-7,9-10,13,15H2,1-2H3,(H,24,25)/b11-8+,14-12+/t16-,17-,18-,19-,21?/m1/s1. The van der Waals surface area contributed by atoms with Crippen molar-refractivity contribution in [3.63, 3.8) is 0 Å². The molecule has 5 heteroatoms. The van der Waals surface area contributed by atoms with Gasteiger partial charge in [-0.15, -0.1) is 11.6 Å². The molecule has 5 atom stereocenters. The molecule has 3 N–H and O–H groups in total. The van der Waals surface area contributed by atoms with Gasteiger partial charge >= 0.3 is 5.97 Å². The zero-order valence-electron chi connectivity index (χ0n) is 16.1. The van der Waals surface area contributed by atoms with Crippen LogP contribution in [0.1, 0.15) is 71.6 Å². The van der Waals surface area contributed by atoms with Crippen LogP contribution in [0, 0.1) is 11.8 Å². The van der Waals surface area contributed by atoms with E-state index in [-0.39, 0.29) is 17.2 Å². The van der Waals surface area contributed by atoms with E-state index in [1.165, 1.54) is 6.08 Å². The molecule has 1 fully saturated rings. The number of halogens is 1. The summed E-state index contributed by atoms with van der Waals surface area (Å²) in [6.07, 6.45) is 14.2. The van der Waals surface area contributed by atoms with E-state index in [2.05, 4.69) is 6.92 Å². The van der Waals surface area contributed by atoms with Crippen molar-refractivity contribution in [2.24, 2.45) is 11.8 Å². The molecule has 1 saturated carbocycles. The molecule has 0 aromatic carbocycles. The first kappa shape index (κ1) is 23.2. The molecule has 0 bridgehead atoms. The Morgan fingerprint density at radius 2 is 2.00 bits per heavy atom. The van der Waals surface area contributed by atoms with Gasteiger partial charge in [-0.1, -0.05) is 50.8 Å². The Kier molecular flexibility index (Phi) is 10.5. The van der Waals surface area contributed by atoms with Gasteiger partial charge in [0.15, 0.2) is 0 Å². The molecule has 0 aliphatic heterocycles. The fourth-order valence-corrected chi connectivity index (χ4v) is 4.17. The second-order valence-electron chi connectivity index (χ2n) is 7.76. The lowest BCUT2D eigenvalue weighted by atomic mass is 9.87. The van der Waals surface area contributed by atoms with Gasteiger partial charge in [0, 0.05) is 17.4 Å². The third-order valence-corrected chi connectivity index (χ3v) is 5.75. The van der Waals surface area contributed by atoms with Crippen molar-refractivity contribution in [2.45, 2.75) is 88.7 Å². The lowest BCUT2D eigenvalue weighted by Crippen LogP contribution is -2.23. The lowest BCUT2D eigenvalue weighted by Gasteiger charge is -2.23. The van der Waals surface area contributed by atoms with Crippen LogP contribution < -0.4 is 0 Å². The zero-order chi connectivity index (χ0) is 19.6. The Bertz CT molecular complexity index is 473. The maximum Gasteiger partial charge on any atom is 0.327 e. The molecule has 4 nitrogen and oxygen atoms in total. The monoisotopic (exact) mass is 386 g/mol. The van der Waals surface area contributed by atoms with Gasteiger partial charge in [-0.25, -0.2) is 4.79 Å². The van der Waals surface area contributed by atoms with Crippen molar-refractivity contribution in [3.8, 4) is 0 Å². The fourth-order valence-electron chi connectivity index (χ4n) is 3.69.